The maximum atomic E-state index is 12.8. The molecule has 1 N–H and O–H groups in total. The Kier molecular flexibility index (Phi) is 5.25. The normalized spacial score (nSPS) is 20.4. The first-order chi connectivity index (χ1) is 13.2. The topological polar surface area (TPSA) is 67.2 Å². The first-order valence-corrected chi connectivity index (χ1v) is 10.2. The van der Waals surface area contributed by atoms with E-state index in [1.807, 2.05) is 4.57 Å². The molecule has 1 aromatic carbocycles. The van der Waals surface area contributed by atoms with E-state index < -0.39 is 0 Å². The average molecular weight is 368 g/mol. The summed E-state index contributed by atoms with van der Waals surface area (Å²) in [6, 6.07) is 5.70. The highest BCUT2D eigenvalue weighted by atomic mass is 16.1. The molecule has 1 amide bonds. The van der Waals surface area contributed by atoms with Gasteiger partial charge in [0.1, 0.15) is 5.82 Å². The molecule has 1 fully saturated rings. The SMILES string of the molecule is CCN1CCCC1CNC(=O)c1ccc2c(=O)n3c(nc2c1)CCCCC3. The third kappa shape index (κ3) is 3.63. The van der Waals surface area contributed by atoms with Crippen LogP contribution >= 0.6 is 0 Å². The lowest BCUT2D eigenvalue weighted by molar-refractivity contribution is 0.0941. The molecule has 27 heavy (non-hydrogen) atoms. The quantitative estimate of drug-likeness (QED) is 0.899. The van der Waals surface area contributed by atoms with Crippen LogP contribution in [-0.4, -0.2) is 46.0 Å². The summed E-state index contributed by atoms with van der Waals surface area (Å²) in [5, 5.41) is 3.67. The molecule has 1 unspecified atom stereocenters. The van der Waals surface area contributed by atoms with Crippen LogP contribution in [-0.2, 0) is 13.0 Å². The molecular formula is C21H28N4O2. The number of hydrogen-bond donors (Lipinski definition) is 1. The van der Waals surface area contributed by atoms with Crippen LogP contribution in [0.3, 0.4) is 0 Å². The maximum Gasteiger partial charge on any atom is 0.261 e. The van der Waals surface area contributed by atoms with Crippen LogP contribution in [0, 0.1) is 0 Å². The molecule has 6 heteroatoms. The van der Waals surface area contributed by atoms with E-state index in [0.717, 1.165) is 57.6 Å². The zero-order chi connectivity index (χ0) is 18.8. The molecule has 0 saturated carbocycles. The minimum absolute atomic E-state index is 0.0217. The van der Waals surface area contributed by atoms with Gasteiger partial charge in [0.2, 0.25) is 0 Å². The third-order valence-corrected chi connectivity index (χ3v) is 5.98. The lowest BCUT2D eigenvalue weighted by Gasteiger charge is -2.22. The van der Waals surface area contributed by atoms with Crippen molar-refractivity contribution in [2.75, 3.05) is 19.6 Å². The third-order valence-electron chi connectivity index (χ3n) is 5.98. The van der Waals surface area contributed by atoms with Crippen LogP contribution < -0.4 is 10.9 Å². The number of rotatable bonds is 4. The van der Waals surface area contributed by atoms with Gasteiger partial charge < -0.3 is 5.32 Å². The number of carbonyl (C=O) groups excluding carboxylic acids is 1. The number of likely N-dealkylation sites (N-methyl/N-ethyl adjacent to an activating group) is 1. The van der Waals surface area contributed by atoms with E-state index in [-0.39, 0.29) is 11.5 Å². The number of nitrogens with zero attached hydrogens (tertiary/aromatic N) is 3. The number of aromatic nitrogens is 2. The van der Waals surface area contributed by atoms with Gasteiger partial charge in [0.25, 0.3) is 11.5 Å². The van der Waals surface area contributed by atoms with Crippen molar-refractivity contribution in [2.24, 2.45) is 0 Å². The van der Waals surface area contributed by atoms with Gasteiger partial charge in [-0.25, -0.2) is 4.98 Å². The molecule has 2 aromatic rings. The Morgan fingerprint density at radius 2 is 2.11 bits per heavy atom. The number of aryl methyl sites for hydroxylation is 1. The van der Waals surface area contributed by atoms with Crippen LogP contribution in [0.2, 0.25) is 0 Å². The molecule has 2 aliphatic rings. The summed E-state index contributed by atoms with van der Waals surface area (Å²) in [5.74, 6) is 0.767. The first-order valence-electron chi connectivity index (χ1n) is 10.2. The van der Waals surface area contributed by atoms with E-state index in [1.165, 1.54) is 6.42 Å². The number of amides is 1. The predicted molar refractivity (Wildman–Crippen MR) is 106 cm³/mol. The fraction of sp³-hybridized carbons (Fsp3) is 0.571. The van der Waals surface area contributed by atoms with E-state index in [0.29, 0.717) is 29.1 Å². The Morgan fingerprint density at radius 1 is 1.22 bits per heavy atom. The fourth-order valence-corrected chi connectivity index (χ4v) is 4.41. The molecular weight excluding hydrogens is 340 g/mol. The first kappa shape index (κ1) is 18.2. The second-order valence-electron chi connectivity index (χ2n) is 7.66. The maximum absolute atomic E-state index is 12.8. The summed E-state index contributed by atoms with van der Waals surface area (Å²) in [7, 11) is 0. The Balaban J connectivity index is 1.56. The van der Waals surface area contributed by atoms with Crippen LogP contribution in [0.1, 0.15) is 55.2 Å². The van der Waals surface area contributed by atoms with Gasteiger partial charge in [-0.2, -0.15) is 0 Å². The van der Waals surface area contributed by atoms with Crippen molar-refractivity contribution in [1.82, 2.24) is 19.8 Å². The van der Waals surface area contributed by atoms with Crippen molar-refractivity contribution >= 4 is 16.8 Å². The average Bonchev–Trinajstić information content (AvgIpc) is 3.01. The molecule has 6 nitrogen and oxygen atoms in total. The summed E-state index contributed by atoms with van der Waals surface area (Å²) >= 11 is 0. The van der Waals surface area contributed by atoms with E-state index in [1.54, 1.807) is 18.2 Å². The van der Waals surface area contributed by atoms with E-state index >= 15 is 0 Å². The number of fused-ring (bicyclic) bond motifs is 2. The summed E-state index contributed by atoms with van der Waals surface area (Å²) in [6.45, 7) is 5.72. The van der Waals surface area contributed by atoms with Gasteiger partial charge in [-0.15, -0.1) is 0 Å². The largest absolute Gasteiger partial charge is 0.350 e. The van der Waals surface area contributed by atoms with Crippen molar-refractivity contribution in [3.05, 3.63) is 39.9 Å². The molecule has 1 saturated heterocycles. The van der Waals surface area contributed by atoms with Crippen LogP contribution in [0.5, 0.6) is 0 Å². The van der Waals surface area contributed by atoms with Gasteiger partial charge in [0.15, 0.2) is 0 Å². The molecule has 1 atom stereocenters. The number of hydrogen-bond acceptors (Lipinski definition) is 4. The van der Waals surface area contributed by atoms with Crippen LogP contribution in [0.25, 0.3) is 10.9 Å². The van der Waals surface area contributed by atoms with Gasteiger partial charge >= 0.3 is 0 Å². The molecule has 0 radical (unpaired) electrons. The highest BCUT2D eigenvalue weighted by Gasteiger charge is 2.23. The number of carbonyl (C=O) groups is 1. The molecule has 144 valence electrons. The van der Waals surface area contributed by atoms with Gasteiger partial charge in [0, 0.05) is 31.1 Å². The molecule has 1 aromatic heterocycles. The van der Waals surface area contributed by atoms with Crippen LogP contribution in [0.15, 0.2) is 23.0 Å². The predicted octanol–water partition coefficient (Wildman–Crippen LogP) is 2.34. The second kappa shape index (κ2) is 7.80. The minimum Gasteiger partial charge on any atom is -0.350 e. The molecule has 0 spiro atoms. The summed E-state index contributed by atoms with van der Waals surface area (Å²) in [6.07, 6.45) is 6.38. The van der Waals surface area contributed by atoms with E-state index in [4.69, 9.17) is 4.98 Å². The lowest BCUT2D eigenvalue weighted by Crippen LogP contribution is -2.40. The summed E-state index contributed by atoms with van der Waals surface area (Å²) < 4.78 is 1.81. The van der Waals surface area contributed by atoms with E-state index in [2.05, 4.69) is 17.1 Å². The Hall–Kier alpha value is -2.21. The molecule has 0 bridgehead atoms. The van der Waals surface area contributed by atoms with Gasteiger partial charge in [-0.3, -0.25) is 19.1 Å². The monoisotopic (exact) mass is 368 g/mol. The Labute approximate surface area is 159 Å². The summed E-state index contributed by atoms with van der Waals surface area (Å²) in [4.78, 5) is 32.6. The smallest absolute Gasteiger partial charge is 0.261 e. The number of nitrogens with one attached hydrogen (secondary N) is 1. The van der Waals surface area contributed by atoms with Crippen molar-refractivity contribution in [3.63, 3.8) is 0 Å². The van der Waals surface area contributed by atoms with Crippen molar-refractivity contribution in [2.45, 2.75) is 58.0 Å². The lowest BCUT2D eigenvalue weighted by atomic mass is 10.1. The number of benzene rings is 1. The zero-order valence-electron chi connectivity index (χ0n) is 16.0. The minimum atomic E-state index is -0.0864. The standard InChI is InChI=1S/C21H28N4O2/c1-2-24-11-6-7-16(24)14-22-20(26)15-9-10-17-18(13-15)23-19-8-4-3-5-12-25(19)21(17)27/h9-10,13,16H,2-8,11-12,14H2,1H3,(H,22,26). The Bertz CT molecular complexity index is 905. The Morgan fingerprint density at radius 3 is 2.96 bits per heavy atom. The molecule has 3 heterocycles. The van der Waals surface area contributed by atoms with Crippen molar-refractivity contribution in [1.29, 1.82) is 0 Å². The number of likely N-dealkylation sites (tertiary alicyclic amines) is 1. The van der Waals surface area contributed by atoms with Crippen LogP contribution in [0.4, 0.5) is 0 Å². The highest BCUT2D eigenvalue weighted by molar-refractivity contribution is 5.97. The van der Waals surface area contributed by atoms with Crippen molar-refractivity contribution < 1.29 is 4.79 Å². The van der Waals surface area contributed by atoms with Gasteiger partial charge in [-0.05, 0) is 57.0 Å². The second-order valence-corrected chi connectivity index (χ2v) is 7.66. The van der Waals surface area contributed by atoms with Gasteiger partial charge in [-0.1, -0.05) is 13.3 Å². The molecule has 2 aliphatic heterocycles. The van der Waals surface area contributed by atoms with Gasteiger partial charge in [0.05, 0.1) is 10.9 Å². The van der Waals surface area contributed by atoms with Crippen molar-refractivity contribution in [3.8, 4) is 0 Å². The summed E-state index contributed by atoms with van der Waals surface area (Å²) in [5.41, 5.74) is 1.24. The molecule has 4 rings (SSSR count). The highest BCUT2D eigenvalue weighted by Crippen LogP contribution is 2.18. The van der Waals surface area contributed by atoms with E-state index in [9.17, 15) is 9.59 Å². The zero-order valence-corrected chi connectivity index (χ0v) is 16.0. The fourth-order valence-electron chi connectivity index (χ4n) is 4.41. The molecule has 0 aliphatic carbocycles.